The number of benzene rings is 1. The first-order chi connectivity index (χ1) is 14.9. The molecule has 0 fully saturated rings. The van der Waals surface area contributed by atoms with Crippen LogP contribution in [-0.4, -0.2) is 49.8 Å². The minimum atomic E-state index is -7.35. The number of ether oxygens (including phenoxy) is 1. The Kier molecular flexibility index (Phi) is 9.08. The lowest BCUT2D eigenvalue weighted by Gasteiger charge is -2.39. The third-order valence-corrected chi connectivity index (χ3v) is 10.2. The van der Waals surface area contributed by atoms with Crippen molar-refractivity contribution in [2.45, 2.75) is 61.8 Å². The van der Waals surface area contributed by atoms with Gasteiger partial charge >= 0.3 is 33.4 Å². The van der Waals surface area contributed by atoms with Crippen molar-refractivity contribution in [1.29, 1.82) is 0 Å². The van der Waals surface area contributed by atoms with Crippen molar-refractivity contribution >= 4 is 20.4 Å². The van der Waals surface area contributed by atoms with Crippen molar-refractivity contribution in [3.63, 3.8) is 0 Å². The summed E-state index contributed by atoms with van der Waals surface area (Å²) < 4.78 is 153. The Balaban J connectivity index is 3.39. The average molecular weight is 538 g/mol. The highest BCUT2D eigenvalue weighted by molar-refractivity contribution is 8.33. The Labute approximate surface area is 187 Å². The second kappa shape index (κ2) is 10.1. The molecule has 0 atom stereocenters. The molecule has 0 amide bonds. The first kappa shape index (κ1) is 29.7. The molecule has 1 aromatic rings. The monoisotopic (exact) mass is 538 g/mol. The van der Waals surface area contributed by atoms with E-state index < -0.39 is 43.7 Å². The minimum Gasteiger partial charge on any atom is -0.494 e. The van der Waals surface area contributed by atoms with Gasteiger partial charge in [-0.1, -0.05) is 37.5 Å². The van der Waals surface area contributed by atoms with Gasteiger partial charge in [0.15, 0.2) is 0 Å². The molecule has 1 rings (SSSR count). The molecule has 0 unspecified atom stereocenters. The van der Waals surface area contributed by atoms with Gasteiger partial charge in [-0.25, -0.2) is 3.63 Å². The van der Waals surface area contributed by atoms with E-state index in [1.54, 1.807) is 0 Å². The van der Waals surface area contributed by atoms with Gasteiger partial charge in [0.25, 0.3) is 0 Å². The Morgan fingerprint density at radius 3 is 1.67 bits per heavy atom. The number of hydrogen-bond donors (Lipinski definition) is 0. The lowest BCUT2D eigenvalue weighted by atomic mass is 10.1. The topological polar surface area (TPSA) is 52.6 Å². The second-order valence-electron chi connectivity index (χ2n) is 6.75. The molecule has 0 aliphatic rings. The molecular weight excluding hydrogens is 515 g/mol. The Bertz CT molecular complexity index is 881. The molecule has 0 bridgehead atoms. The average Bonchev–Trinajstić information content (AvgIpc) is 2.71. The lowest BCUT2D eigenvalue weighted by molar-refractivity contribution is -0.382. The van der Waals surface area contributed by atoms with Crippen molar-refractivity contribution in [3.8, 4) is 5.75 Å². The predicted octanol–water partition coefficient (Wildman–Crippen LogP) is 6.76. The normalized spacial score (nSPS) is 14.9. The van der Waals surface area contributed by atoms with Gasteiger partial charge in [-0.3, -0.25) is 0 Å². The maximum absolute atomic E-state index is 14.1. The largest absolute Gasteiger partial charge is 0.494 e. The van der Waals surface area contributed by atoms with E-state index in [-0.39, 0.29) is 16.4 Å². The molecule has 0 spiro atoms. The fourth-order valence-electron chi connectivity index (χ4n) is 2.52. The van der Waals surface area contributed by atoms with Crippen molar-refractivity contribution in [2.24, 2.45) is 0 Å². The van der Waals surface area contributed by atoms with Gasteiger partial charge in [0.1, 0.15) is 5.75 Å². The van der Waals surface area contributed by atoms with Crippen molar-refractivity contribution in [1.82, 2.24) is 0 Å². The van der Waals surface area contributed by atoms with Crippen molar-refractivity contribution < 1.29 is 56.3 Å². The van der Waals surface area contributed by atoms with Crippen LogP contribution in [0.2, 0.25) is 0 Å². The van der Waals surface area contributed by atoms with Gasteiger partial charge in [0.05, 0.1) is 6.61 Å². The van der Waals surface area contributed by atoms with E-state index in [1.807, 2.05) is 6.92 Å². The van der Waals surface area contributed by atoms with Crippen LogP contribution < -0.4 is 4.74 Å². The van der Waals surface area contributed by atoms with Crippen LogP contribution in [0.5, 0.6) is 5.75 Å². The van der Waals surface area contributed by atoms with E-state index in [0.717, 1.165) is 6.42 Å². The molecule has 0 aliphatic heterocycles. The summed E-state index contributed by atoms with van der Waals surface area (Å²) in [6.07, 6.45) is -5.61. The maximum Gasteiger partial charge on any atom is 0.460 e. The molecule has 0 N–H and O–H groups in total. The number of rotatable bonds is 12. The third-order valence-electron chi connectivity index (χ3n) is 4.60. The van der Waals surface area contributed by atoms with Crippen molar-refractivity contribution in [2.75, 3.05) is 18.1 Å². The predicted molar refractivity (Wildman–Crippen MR) is 105 cm³/mol. The number of halogens is 9. The van der Waals surface area contributed by atoms with Gasteiger partial charge in [0, 0.05) is 16.4 Å². The molecule has 15 heteroatoms. The molecule has 0 aliphatic carbocycles. The Morgan fingerprint density at radius 2 is 1.27 bits per heavy atom. The van der Waals surface area contributed by atoms with E-state index in [9.17, 15) is 47.9 Å². The third kappa shape index (κ3) is 5.50. The highest BCUT2D eigenvalue weighted by Crippen LogP contribution is 2.62. The molecule has 33 heavy (non-hydrogen) atoms. The van der Waals surface area contributed by atoms with Crippen LogP contribution >= 0.6 is 10.3 Å². The van der Waals surface area contributed by atoms with E-state index in [1.165, 1.54) is 38.1 Å². The highest BCUT2D eigenvalue weighted by Gasteiger charge is 2.86. The van der Waals surface area contributed by atoms with Crippen LogP contribution in [0.25, 0.3) is 0 Å². The minimum absolute atomic E-state index is 0.0411. The van der Waals surface area contributed by atoms with E-state index in [0.29, 0.717) is 18.8 Å². The van der Waals surface area contributed by atoms with Crippen LogP contribution in [0, 0.1) is 0 Å². The molecule has 0 radical (unpaired) electrons. The standard InChI is InChI=1S/C18H23F9O4S2/c1-4-7-12-30-13-8-10-14(11-9-13)32(5-2,6-3)31-33(28,29)18(26,27)16(21,22)15(19,20)17(23,24)25/h8-11H,4-7,12H2,1-3H3. The molecule has 194 valence electrons. The maximum atomic E-state index is 14.1. The summed E-state index contributed by atoms with van der Waals surface area (Å²) in [6, 6.07) is 5.11. The van der Waals surface area contributed by atoms with Crippen LogP contribution in [0.4, 0.5) is 39.5 Å². The summed E-state index contributed by atoms with van der Waals surface area (Å²) in [5.74, 6) is -15.1. The quantitative estimate of drug-likeness (QED) is 0.218. The van der Waals surface area contributed by atoms with E-state index in [4.69, 9.17) is 4.74 Å². The van der Waals surface area contributed by atoms with Gasteiger partial charge in [-0.2, -0.15) is 47.9 Å². The summed E-state index contributed by atoms with van der Waals surface area (Å²) in [5, 5.41) is -6.90. The van der Waals surface area contributed by atoms with Crippen LogP contribution in [0.1, 0.15) is 33.6 Å². The molecule has 0 aromatic heterocycles. The zero-order valence-corrected chi connectivity index (χ0v) is 19.3. The summed E-state index contributed by atoms with van der Waals surface area (Å²) in [5.41, 5.74) is 0. The fourth-order valence-corrected chi connectivity index (χ4v) is 7.47. The summed E-state index contributed by atoms with van der Waals surface area (Å²) in [6.45, 7) is 4.78. The first-order valence-electron chi connectivity index (χ1n) is 9.54. The van der Waals surface area contributed by atoms with Crippen molar-refractivity contribution in [3.05, 3.63) is 24.3 Å². The van der Waals surface area contributed by atoms with Gasteiger partial charge < -0.3 is 4.74 Å². The van der Waals surface area contributed by atoms with E-state index >= 15 is 0 Å². The van der Waals surface area contributed by atoms with Crippen LogP contribution in [-0.2, 0) is 13.7 Å². The molecule has 0 heterocycles. The fraction of sp³-hybridized carbons (Fsp3) is 0.667. The van der Waals surface area contributed by atoms with Crippen LogP contribution in [0.15, 0.2) is 29.2 Å². The number of alkyl halides is 9. The summed E-state index contributed by atoms with van der Waals surface area (Å²) >= 11 is 0. The Hall–Kier alpha value is -1.35. The highest BCUT2D eigenvalue weighted by atomic mass is 32.3. The number of unbranched alkanes of at least 4 members (excludes halogenated alkanes) is 1. The number of hydrogen-bond acceptors (Lipinski definition) is 4. The summed E-state index contributed by atoms with van der Waals surface area (Å²) in [4.78, 5) is -0.0411. The molecule has 0 saturated carbocycles. The molecule has 4 nitrogen and oxygen atoms in total. The molecule has 1 aromatic carbocycles. The first-order valence-corrected chi connectivity index (χ1v) is 12.8. The Morgan fingerprint density at radius 1 is 0.788 bits per heavy atom. The molecule has 0 saturated heterocycles. The zero-order valence-electron chi connectivity index (χ0n) is 17.7. The zero-order chi connectivity index (χ0) is 25.9. The summed E-state index contributed by atoms with van der Waals surface area (Å²) in [7, 11) is -10.3. The second-order valence-corrected chi connectivity index (χ2v) is 12.0. The molecular formula is C18H23F9O4S2. The SMILES string of the molecule is CCCCOc1ccc(S(CC)(CC)OS(=O)(=O)C(F)(F)C(F)(F)C(F)(F)C(F)(F)F)cc1. The van der Waals surface area contributed by atoms with E-state index in [2.05, 4.69) is 3.63 Å². The smallest absolute Gasteiger partial charge is 0.460 e. The lowest BCUT2D eigenvalue weighted by Crippen LogP contribution is -2.63. The van der Waals surface area contributed by atoms with Crippen LogP contribution in [0.3, 0.4) is 0 Å². The van der Waals surface area contributed by atoms with Gasteiger partial charge in [-0.05, 0) is 30.7 Å². The van der Waals surface area contributed by atoms with Gasteiger partial charge in [0.2, 0.25) is 0 Å². The van der Waals surface area contributed by atoms with Gasteiger partial charge in [-0.15, -0.1) is 0 Å².